The Kier molecular flexibility index (Phi) is 4.61. The van der Waals surface area contributed by atoms with E-state index in [2.05, 4.69) is 10.3 Å². The highest BCUT2D eigenvalue weighted by Crippen LogP contribution is 2.24. The minimum Gasteiger partial charge on any atom is -0.354 e. The number of hydrogen-bond donors (Lipinski definition) is 2. The normalized spacial score (nSPS) is 11.7. The second-order valence-electron chi connectivity index (χ2n) is 6.06. The number of aromatic amines is 1. The first-order valence-electron chi connectivity index (χ1n) is 8.39. The zero-order valence-electron chi connectivity index (χ0n) is 14.9. The maximum Gasteiger partial charge on any atom is 0.251 e. The number of carbonyl (C=O) groups excluding carboxylic acids is 1. The van der Waals surface area contributed by atoms with Crippen LogP contribution in [0.25, 0.3) is 27.6 Å². The van der Waals surface area contributed by atoms with E-state index in [1.807, 2.05) is 34.7 Å². The second kappa shape index (κ2) is 7.07. The maximum atomic E-state index is 12.4. The fourth-order valence-corrected chi connectivity index (χ4v) is 3.40. The van der Waals surface area contributed by atoms with Crippen molar-refractivity contribution in [2.45, 2.75) is 6.29 Å². The van der Waals surface area contributed by atoms with E-state index in [9.17, 15) is 4.79 Å². The minimum atomic E-state index is -0.489. The summed E-state index contributed by atoms with van der Waals surface area (Å²) < 4.78 is 12.6. The fraction of sp³-hybridized carbons (Fsp3) is 0.211. The molecule has 0 spiro atoms. The van der Waals surface area contributed by atoms with E-state index in [-0.39, 0.29) is 12.5 Å². The second-order valence-corrected chi connectivity index (χ2v) is 6.45. The Bertz CT molecular complexity index is 1210. The maximum absolute atomic E-state index is 12.4. The van der Waals surface area contributed by atoms with Gasteiger partial charge in [-0.2, -0.15) is 0 Å². The lowest BCUT2D eigenvalue weighted by Gasteiger charge is -2.14. The van der Waals surface area contributed by atoms with Crippen molar-refractivity contribution in [3.05, 3.63) is 52.8 Å². The third-order valence-corrected chi connectivity index (χ3v) is 4.77. The van der Waals surface area contributed by atoms with Gasteiger partial charge >= 0.3 is 0 Å². The largest absolute Gasteiger partial charge is 0.354 e. The van der Waals surface area contributed by atoms with Gasteiger partial charge in [0, 0.05) is 25.2 Å². The Morgan fingerprint density at radius 3 is 2.81 bits per heavy atom. The molecule has 0 aliphatic carbocycles. The molecular formula is C19H18N4O3S. The zero-order chi connectivity index (χ0) is 19.0. The number of nitrogens with zero attached hydrogens (tertiary/aromatic N) is 2. The number of imidazole rings is 1. The van der Waals surface area contributed by atoms with Crippen molar-refractivity contribution in [3.63, 3.8) is 0 Å². The summed E-state index contributed by atoms with van der Waals surface area (Å²) >= 11 is 5.52. The summed E-state index contributed by atoms with van der Waals surface area (Å²) in [5, 5.41) is 3.68. The average Bonchev–Trinajstić information content (AvgIpc) is 3.08. The van der Waals surface area contributed by atoms with Crippen LogP contribution in [-0.2, 0) is 9.47 Å². The van der Waals surface area contributed by atoms with Gasteiger partial charge in [-0.1, -0.05) is 12.1 Å². The van der Waals surface area contributed by atoms with Crippen LogP contribution in [0, 0.1) is 4.77 Å². The number of H-pyrrole nitrogens is 1. The quantitative estimate of drug-likeness (QED) is 0.410. The van der Waals surface area contributed by atoms with Gasteiger partial charge in [-0.3, -0.25) is 9.20 Å². The Balaban J connectivity index is 1.77. The predicted octanol–water partition coefficient (Wildman–Crippen LogP) is 3.05. The Morgan fingerprint density at radius 1 is 1.26 bits per heavy atom. The van der Waals surface area contributed by atoms with Gasteiger partial charge in [0.2, 0.25) is 0 Å². The average molecular weight is 382 g/mol. The van der Waals surface area contributed by atoms with Crippen LogP contribution in [0.2, 0.25) is 0 Å². The van der Waals surface area contributed by atoms with Crippen molar-refractivity contribution in [1.82, 2.24) is 19.7 Å². The van der Waals surface area contributed by atoms with Crippen molar-refractivity contribution >= 4 is 45.7 Å². The number of benzene rings is 2. The number of rotatable bonds is 5. The van der Waals surface area contributed by atoms with Crippen molar-refractivity contribution in [2.75, 3.05) is 20.8 Å². The van der Waals surface area contributed by atoms with Crippen LogP contribution in [0.3, 0.4) is 0 Å². The first kappa shape index (κ1) is 17.6. The molecule has 138 valence electrons. The number of nitrogens with one attached hydrogen (secondary N) is 2. The summed E-state index contributed by atoms with van der Waals surface area (Å²) in [5.41, 5.74) is 3.85. The number of hydrogen-bond acceptors (Lipinski definition) is 5. The molecule has 0 atom stereocenters. The molecule has 0 radical (unpaired) electrons. The highest BCUT2D eigenvalue weighted by atomic mass is 32.1. The lowest BCUT2D eigenvalue weighted by atomic mass is 10.1. The highest BCUT2D eigenvalue weighted by Gasteiger charge is 2.13. The summed E-state index contributed by atoms with van der Waals surface area (Å²) in [5.74, 6) is -0.219. The highest BCUT2D eigenvalue weighted by molar-refractivity contribution is 7.71. The van der Waals surface area contributed by atoms with Crippen LogP contribution in [0.1, 0.15) is 10.4 Å². The van der Waals surface area contributed by atoms with E-state index < -0.39 is 6.29 Å². The van der Waals surface area contributed by atoms with Gasteiger partial charge in [0.1, 0.15) is 5.65 Å². The van der Waals surface area contributed by atoms with E-state index in [0.717, 1.165) is 27.6 Å². The molecule has 0 bridgehead atoms. The molecule has 0 unspecified atom stereocenters. The van der Waals surface area contributed by atoms with Gasteiger partial charge in [0.15, 0.2) is 11.1 Å². The smallest absolute Gasteiger partial charge is 0.251 e. The molecule has 0 aliphatic rings. The van der Waals surface area contributed by atoms with Crippen molar-refractivity contribution in [1.29, 1.82) is 0 Å². The van der Waals surface area contributed by atoms with Crippen molar-refractivity contribution < 1.29 is 14.3 Å². The third kappa shape index (κ3) is 3.08. The van der Waals surface area contributed by atoms with Crippen LogP contribution >= 0.6 is 12.2 Å². The number of para-hydroxylation sites is 2. The predicted molar refractivity (Wildman–Crippen MR) is 106 cm³/mol. The van der Waals surface area contributed by atoms with Gasteiger partial charge in [-0.15, -0.1) is 0 Å². The molecule has 8 heteroatoms. The molecule has 4 rings (SSSR count). The molecule has 2 aromatic carbocycles. The number of fused-ring (bicyclic) bond motifs is 5. The molecule has 0 aliphatic heterocycles. The van der Waals surface area contributed by atoms with Crippen LogP contribution < -0.4 is 5.32 Å². The van der Waals surface area contributed by atoms with E-state index in [0.29, 0.717) is 10.3 Å². The summed E-state index contributed by atoms with van der Waals surface area (Å²) in [6, 6.07) is 13.2. The molecule has 0 fully saturated rings. The van der Waals surface area contributed by atoms with Gasteiger partial charge in [-0.25, -0.2) is 4.98 Å². The molecular weight excluding hydrogens is 364 g/mol. The summed E-state index contributed by atoms with van der Waals surface area (Å²) in [7, 11) is 3.05. The van der Waals surface area contributed by atoms with Crippen molar-refractivity contribution in [3.8, 4) is 0 Å². The lowest BCUT2D eigenvalue weighted by molar-refractivity contribution is -0.0974. The number of carbonyl (C=O) groups is 1. The van der Waals surface area contributed by atoms with E-state index in [1.54, 1.807) is 12.1 Å². The molecule has 1 amide bonds. The number of ether oxygens (including phenoxy) is 2. The summed E-state index contributed by atoms with van der Waals surface area (Å²) in [6.45, 7) is 0.255. The lowest BCUT2D eigenvalue weighted by Crippen LogP contribution is -2.34. The number of methoxy groups -OCH3 is 2. The van der Waals surface area contributed by atoms with E-state index >= 15 is 0 Å². The van der Waals surface area contributed by atoms with Gasteiger partial charge < -0.3 is 19.8 Å². The molecule has 0 saturated heterocycles. The standard InChI is InChI=1S/C19H18N4O3S/c1-25-16(26-2)10-20-18(24)11-7-8-12-14(9-11)22-19(27)23-15-6-4-3-5-13(15)21-17(12)23/h3-9,16H,10H2,1-2H3,(H,20,24)(H,22,27). The monoisotopic (exact) mass is 382 g/mol. The number of amides is 1. The molecule has 2 N–H and O–H groups in total. The Labute approximate surface area is 159 Å². The molecule has 2 heterocycles. The molecule has 7 nitrogen and oxygen atoms in total. The van der Waals surface area contributed by atoms with Crippen LogP contribution in [0.4, 0.5) is 0 Å². The van der Waals surface area contributed by atoms with Gasteiger partial charge in [0.05, 0.1) is 23.1 Å². The minimum absolute atomic E-state index is 0.219. The number of aromatic nitrogens is 3. The van der Waals surface area contributed by atoms with Crippen LogP contribution in [-0.4, -0.2) is 47.3 Å². The van der Waals surface area contributed by atoms with Crippen LogP contribution in [0.15, 0.2) is 42.5 Å². The topological polar surface area (TPSA) is 80.7 Å². The molecule has 27 heavy (non-hydrogen) atoms. The SMILES string of the molecule is COC(CNC(=O)c1ccc2c(c1)[nH]c(=S)n1c3ccccc3nc21)OC. The van der Waals surface area contributed by atoms with Gasteiger partial charge in [0.25, 0.3) is 5.91 Å². The summed E-state index contributed by atoms with van der Waals surface area (Å²) in [6.07, 6.45) is -0.489. The van der Waals surface area contributed by atoms with E-state index in [1.165, 1.54) is 14.2 Å². The Hall–Kier alpha value is -2.81. The van der Waals surface area contributed by atoms with E-state index in [4.69, 9.17) is 26.7 Å². The van der Waals surface area contributed by atoms with Gasteiger partial charge in [-0.05, 0) is 42.5 Å². The molecule has 4 aromatic rings. The molecule has 0 saturated carbocycles. The summed E-state index contributed by atoms with van der Waals surface area (Å²) in [4.78, 5) is 20.3. The first-order valence-corrected chi connectivity index (χ1v) is 8.80. The zero-order valence-corrected chi connectivity index (χ0v) is 15.7. The first-order chi connectivity index (χ1) is 13.1. The Morgan fingerprint density at radius 2 is 2.04 bits per heavy atom. The van der Waals surface area contributed by atoms with Crippen LogP contribution in [0.5, 0.6) is 0 Å². The fourth-order valence-electron chi connectivity index (χ4n) is 3.11. The molecule has 2 aromatic heterocycles. The third-order valence-electron chi connectivity index (χ3n) is 4.48. The van der Waals surface area contributed by atoms with Crippen molar-refractivity contribution in [2.24, 2.45) is 0 Å².